The third-order valence-corrected chi connectivity index (χ3v) is 4.09. The van der Waals surface area contributed by atoms with Crippen molar-refractivity contribution in [2.45, 2.75) is 44.9 Å². The molecule has 2 aromatic rings. The van der Waals surface area contributed by atoms with Gasteiger partial charge in [-0.2, -0.15) is 4.98 Å². The van der Waals surface area contributed by atoms with Gasteiger partial charge in [0.25, 0.3) is 5.89 Å². The van der Waals surface area contributed by atoms with Crippen molar-refractivity contribution in [3.05, 3.63) is 23.5 Å². The van der Waals surface area contributed by atoms with Gasteiger partial charge in [0.15, 0.2) is 5.82 Å². The van der Waals surface area contributed by atoms with Crippen molar-refractivity contribution in [3.8, 4) is 11.5 Å². The highest BCUT2D eigenvalue weighted by Crippen LogP contribution is 2.42. The largest absolute Gasteiger partial charge is 0.397 e. The molecule has 106 valence electrons. The van der Waals surface area contributed by atoms with E-state index in [4.69, 9.17) is 16.0 Å². The maximum Gasteiger partial charge on any atom is 0.258 e. The summed E-state index contributed by atoms with van der Waals surface area (Å²) in [4.78, 5) is 4.33. The molecule has 5 nitrogen and oxygen atoms in total. The lowest BCUT2D eigenvalue weighted by molar-refractivity contribution is 0.421. The molecule has 1 aliphatic rings. The predicted molar refractivity (Wildman–Crippen MR) is 79.1 cm³/mol. The SMILES string of the molecule is Cc1noc(-c2ccc(N)c(N)c2C2CCCCC2)n1. The Kier molecular flexibility index (Phi) is 3.34. The molecule has 1 heterocycles. The van der Waals surface area contributed by atoms with Gasteiger partial charge in [0.1, 0.15) is 0 Å². The third kappa shape index (κ3) is 2.24. The Balaban J connectivity index is 2.11. The summed E-state index contributed by atoms with van der Waals surface area (Å²) in [5, 5.41) is 3.87. The molecular formula is C15H20N4O. The van der Waals surface area contributed by atoms with Crippen molar-refractivity contribution >= 4 is 11.4 Å². The molecule has 1 fully saturated rings. The number of hydrogen-bond acceptors (Lipinski definition) is 5. The van der Waals surface area contributed by atoms with Crippen LogP contribution in [0.25, 0.3) is 11.5 Å². The Morgan fingerprint density at radius 3 is 2.55 bits per heavy atom. The number of nitrogens with two attached hydrogens (primary N) is 2. The van der Waals surface area contributed by atoms with Crippen molar-refractivity contribution in [2.24, 2.45) is 0 Å². The zero-order valence-corrected chi connectivity index (χ0v) is 11.7. The molecule has 0 radical (unpaired) electrons. The Hall–Kier alpha value is -2.04. The fourth-order valence-electron chi connectivity index (χ4n) is 3.08. The van der Waals surface area contributed by atoms with E-state index in [1.54, 1.807) is 0 Å². The lowest BCUT2D eigenvalue weighted by atomic mass is 9.81. The fourth-order valence-corrected chi connectivity index (χ4v) is 3.08. The average Bonchev–Trinajstić information content (AvgIpc) is 2.89. The Morgan fingerprint density at radius 1 is 1.15 bits per heavy atom. The molecule has 0 saturated heterocycles. The van der Waals surface area contributed by atoms with E-state index in [2.05, 4.69) is 10.1 Å². The molecule has 0 unspecified atom stereocenters. The van der Waals surface area contributed by atoms with Crippen molar-refractivity contribution in [1.29, 1.82) is 0 Å². The second kappa shape index (κ2) is 5.15. The van der Waals surface area contributed by atoms with E-state index in [-0.39, 0.29) is 0 Å². The van der Waals surface area contributed by atoms with Gasteiger partial charge in [0, 0.05) is 5.56 Å². The molecule has 3 rings (SSSR count). The van der Waals surface area contributed by atoms with Gasteiger partial charge >= 0.3 is 0 Å². The smallest absolute Gasteiger partial charge is 0.258 e. The van der Waals surface area contributed by atoms with Crippen molar-refractivity contribution in [1.82, 2.24) is 10.1 Å². The monoisotopic (exact) mass is 272 g/mol. The predicted octanol–water partition coefficient (Wildman–Crippen LogP) is 3.26. The quantitative estimate of drug-likeness (QED) is 0.819. The number of benzene rings is 1. The normalized spacial score (nSPS) is 16.4. The minimum atomic E-state index is 0.439. The van der Waals surface area contributed by atoms with Crippen LogP contribution in [-0.2, 0) is 0 Å². The first-order chi connectivity index (χ1) is 9.66. The summed E-state index contributed by atoms with van der Waals surface area (Å²) in [7, 11) is 0. The summed E-state index contributed by atoms with van der Waals surface area (Å²) in [6.07, 6.45) is 6.07. The molecule has 0 bridgehead atoms. The van der Waals surface area contributed by atoms with E-state index in [0.717, 1.165) is 24.0 Å². The molecular weight excluding hydrogens is 252 g/mol. The summed E-state index contributed by atoms with van der Waals surface area (Å²) >= 11 is 0. The van der Waals surface area contributed by atoms with Crippen molar-refractivity contribution < 1.29 is 4.52 Å². The van der Waals surface area contributed by atoms with Gasteiger partial charge in [-0.05, 0) is 43.4 Å². The number of aromatic nitrogens is 2. The van der Waals surface area contributed by atoms with Crippen LogP contribution in [0.2, 0.25) is 0 Å². The molecule has 4 N–H and O–H groups in total. The van der Waals surface area contributed by atoms with Gasteiger partial charge in [-0.25, -0.2) is 0 Å². The number of aryl methyl sites for hydroxylation is 1. The van der Waals surface area contributed by atoms with E-state index in [9.17, 15) is 0 Å². The van der Waals surface area contributed by atoms with Gasteiger partial charge in [0.05, 0.1) is 11.4 Å². The highest BCUT2D eigenvalue weighted by molar-refractivity contribution is 5.78. The van der Waals surface area contributed by atoms with Crippen molar-refractivity contribution in [3.63, 3.8) is 0 Å². The van der Waals surface area contributed by atoms with Gasteiger partial charge in [-0.3, -0.25) is 0 Å². The standard InChI is InChI=1S/C15H20N4O/c1-9-18-15(20-19-9)11-7-8-12(16)14(17)13(11)10-5-3-2-4-6-10/h7-8,10H,2-6,16-17H2,1H3. The molecule has 0 amide bonds. The first-order valence-electron chi connectivity index (χ1n) is 7.15. The number of nitrogen functional groups attached to an aromatic ring is 2. The Bertz CT molecular complexity index is 614. The maximum absolute atomic E-state index is 6.24. The first kappa shape index (κ1) is 13.0. The van der Waals surface area contributed by atoms with Gasteiger partial charge < -0.3 is 16.0 Å². The highest BCUT2D eigenvalue weighted by atomic mass is 16.5. The molecule has 1 aromatic heterocycles. The fraction of sp³-hybridized carbons (Fsp3) is 0.467. The van der Waals surface area contributed by atoms with Crippen molar-refractivity contribution in [2.75, 3.05) is 11.5 Å². The van der Waals surface area contributed by atoms with E-state index < -0.39 is 0 Å². The van der Waals surface area contributed by atoms with Crippen LogP contribution in [0.4, 0.5) is 11.4 Å². The van der Waals surface area contributed by atoms with Crippen LogP contribution < -0.4 is 11.5 Å². The van der Waals surface area contributed by atoms with Crippen LogP contribution in [0.15, 0.2) is 16.7 Å². The van der Waals surface area contributed by atoms with Crippen LogP contribution >= 0.6 is 0 Å². The second-order valence-corrected chi connectivity index (χ2v) is 5.51. The third-order valence-electron chi connectivity index (χ3n) is 4.09. The highest BCUT2D eigenvalue weighted by Gasteiger charge is 2.24. The molecule has 0 atom stereocenters. The van der Waals surface area contributed by atoms with Gasteiger partial charge in [-0.1, -0.05) is 24.4 Å². The van der Waals surface area contributed by atoms with E-state index in [1.807, 2.05) is 19.1 Å². The van der Waals surface area contributed by atoms with E-state index >= 15 is 0 Å². The first-order valence-corrected chi connectivity index (χ1v) is 7.15. The number of nitrogens with zero attached hydrogens (tertiary/aromatic N) is 2. The van der Waals surface area contributed by atoms with Crippen LogP contribution in [0.3, 0.4) is 0 Å². The van der Waals surface area contributed by atoms with E-state index in [1.165, 1.54) is 19.3 Å². The van der Waals surface area contributed by atoms with Crippen LogP contribution in [0, 0.1) is 6.92 Å². The summed E-state index contributed by atoms with van der Waals surface area (Å²) in [6, 6.07) is 3.76. The maximum atomic E-state index is 6.24. The molecule has 1 aromatic carbocycles. The molecule has 20 heavy (non-hydrogen) atoms. The molecule has 1 aliphatic carbocycles. The summed E-state index contributed by atoms with van der Waals surface area (Å²) < 4.78 is 5.32. The lowest BCUT2D eigenvalue weighted by Gasteiger charge is -2.25. The molecule has 0 spiro atoms. The average molecular weight is 272 g/mol. The topological polar surface area (TPSA) is 91.0 Å². The lowest BCUT2D eigenvalue weighted by Crippen LogP contribution is -2.10. The van der Waals surface area contributed by atoms with Crippen LogP contribution in [0.1, 0.15) is 49.4 Å². The number of anilines is 2. The summed E-state index contributed by atoms with van der Waals surface area (Å²) in [6.45, 7) is 1.81. The van der Waals surface area contributed by atoms with Gasteiger partial charge in [0.2, 0.25) is 0 Å². The zero-order valence-electron chi connectivity index (χ0n) is 11.7. The molecule has 1 saturated carbocycles. The minimum Gasteiger partial charge on any atom is -0.397 e. The van der Waals surface area contributed by atoms with Gasteiger partial charge in [-0.15, -0.1) is 0 Å². The second-order valence-electron chi connectivity index (χ2n) is 5.51. The van der Waals surface area contributed by atoms with E-state index in [0.29, 0.717) is 29.0 Å². The summed E-state index contributed by atoms with van der Waals surface area (Å²) in [5.41, 5.74) is 15.6. The number of rotatable bonds is 2. The van der Waals surface area contributed by atoms with Crippen LogP contribution in [0.5, 0.6) is 0 Å². The zero-order chi connectivity index (χ0) is 14.1. The van der Waals surface area contributed by atoms with Crippen LogP contribution in [-0.4, -0.2) is 10.1 Å². The Morgan fingerprint density at radius 2 is 1.90 bits per heavy atom. The molecule has 5 heteroatoms. The Labute approximate surface area is 118 Å². The minimum absolute atomic E-state index is 0.439. The molecule has 0 aliphatic heterocycles. The number of hydrogen-bond donors (Lipinski definition) is 2. The summed E-state index contributed by atoms with van der Waals surface area (Å²) in [5.74, 6) is 1.61.